The van der Waals surface area contributed by atoms with E-state index in [2.05, 4.69) is 55.3 Å². The molecule has 132 valence electrons. The minimum absolute atomic E-state index is 0.130. The van der Waals surface area contributed by atoms with Gasteiger partial charge in [0.1, 0.15) is 0 Å². The molecule has 6 heteroatoms. The molecule has 4 nitrogen and oxygen atoms in total. The van der Waals surface area contributed by atoms with Crippen LogP contribution < -0.4 is 10.2 Å². The Morgan fingerprint density at radius 3 is 2.52 bits per heavy atom. The first-order chi connectivity index (χ1) is 12.1. The van der Waals surface area contributed by atoms with E-state index in [1.165, 1.54) is 5.69 Å². The van der Waals surface area contributed by atoms with Crippen LogP contribution in [0.4, 0.5) is 5.69 Å². The molecule has 1 saturated heterocycles. The monoisotopic (exact) mass is 421 g/mol. The second-order valence-electron chi connectivity index (χ2n) is 6.04. The molecule has 1 N–H and O–H groups in total. The molecule has 0 spiro atoms. The Labute approximate surface area is 161 Å². The van der Waals surface area contributed by atoms with Gasteiger partial charge in [-0.2, -0.15) is 0 Å². The molecule has 0 bridgehead atoms. The maximum absolute atomic E-state index is 12.3. The molecular formula is C19H21BrClN3O. The van der Waals surface area contributed by atoms with Crippen LogP contribution in [0.2, 0.25) is 5.02 Å². The van der Waals surface area contributed by atoms with E-state index in [0.29, 0.717) is 17.1 Å². The molecule has 1 aliphatic rings. The minimum atomic E-state index is -0.130. The summed E-state index contributed by atoms with van der Waals surface area (Å²) in [4.78, 5) is 17.0. The third-order valence-corrected chi connectivity index (χ3v) is 5.20. The van der Waals surface area contributed by atoms with Crippen LogP contribution in [0.15, 0.2) is 53.0 Å². The fraction of sp³-hybridized carbons (Fsp3) is 0.316. The van der Waals surface area contributed by atoms with Gasteiger partial charge in [0, 0.05) is 49.4 Å². The SMILES string of the molecule is O=C(NCCN1CCN(c2ccccc2)CC1)c1cc(Br)ccc1Cl. The van der Waals surface area contributed by atoms with Crippen molar-refractivity contribution in [2.75, 3.05) is 44.2 Å². The predicted molar refractivity (Wildman–Crippen MR) is 107 cm³/mol. The summed E-state index contributed by atoms with van der Waals surface area (Å²) in [5, 5.41) is 3.43. The van der Waals surface area contributed by atoms with E-state index in [9.17, 15) is 4.79 Å². The Kier molecular flexibility index (Phi) is 6.34. The van der Waals surface area contributed by atoms with Crippen LogP contribution in [-0.4, -0.2) is 50.1 Å². The molecule has 0 aromatic heterocycles. The lowest BCUT2D eigenvalue weighted by Gasteiger charge is -2.36. The van der Waals surface area contributed by atoms with Gasteiger partial charge in [-0.05, 0) is 30.3 Å². The molecule has 0 radical (unpaired) electrons. The number of nitrogens with one attached hydrogen (secondary N) is 1. The minimum Gasteiger partial charge on any atom is -0.369 e. The second-order valence-corrected chi connectivity index (χ2v) is 7.37. The zero-order chi connectivity index (χ0) is 17.6. The van der Waals surface area contributed by atoms with Crippen molar-refractivity contribution >= 4 is 39.1 Å². The number of carbonyl (C=O) groups is 1. The molecule has 1 aliphatic heterocycles. The number of hydrogen-bond acceptors (Lipinski definition) is 3. The zero-order valence-electron chi connectivity index (χ0n) is 13.9. The summed E-state index contributed by atoms with van der Waals surface area (Å²) in [6, 6.07) is 15.8. The standard InChI is InChI=1S/C19H21BrClN3O/c20-15-6-7-18(21)17(14-15)19(25)22-8-9-23-10-12-24(13-11-23)16-4-2-1-3-5-16/h1-7,14H,8-13H2,(H,22,25). The van der Waals surface area contributed by atoms with Crippen molar-refractivity contribution in [3.05, 3.63) is 63.6 Å². The number of amides is 1. The van der Waals surface area contributed by atoms with E-state index >= 15 is 0 Å². The molecular weight excluding hydrogens is 402 g/mol. The molecule has 25 heavy (non-hydrogen) atoms. The summed E-state index contributed by atoms with van der Waals surface area (Å²) in [5.74, 6) is -0.130. The maximum atomic E-state index is 12.3. The van der Waals surface area contributed by atoms with Gasteiger partial charge >= 0.3 is 0 Å². The fourth-order valence-corrected chi connectivity index (χ4v) is 3.53. The second kappa shape index (κ2) is 8.70. The number of benzene rings is 2. The average Bonchev–Trinajstić information content (AvgIpc) is 2.65. The molecule has 3 rings (SSSR count). The van der Waals surface area contributed by atoms with Gasteiger partial charge in [0.05, 0.1) is 10.6 Å². The van der Waals surface area contributed by atoms with Gasteiger partial charge in [0.2, 0.25) is 0 Å². The van der Waals surface area contributed by atoms with E-state index in [1.807, 2.05) is 12.1 Å². The van der Waals surface area contributed by atoms with Gasteiger partial charge in [0.15, 0.2) is 0 Å². The lowest BCUT2D eigenvalue weighted by Crippen LogP contribution is -2.48. The lowest BCUT2D eigenvalue weighted by molar-refractivity contribution is 0.0948. The number of carbonyl (C=O) groups excluding carboxylic acids is 1. The van der Waals surface area contributed by atoms with E-state index in [1.54, 1.807) is 12.1 Å². The number of halogens is 2. The van der Waals surface area contributed by atoms with Crippen molar-refractivity contribution in [3.63, 3.8) is 0 Å². The first kappa shape index (κ1) is 18.2. The van der Waals surface area contributed by atoms with Gasteiger partial charge < -0.3 is 10.2 Å². The van der Waals surface area contributed by atoms with Crippen LogP contribution in [0, 0.1) is 0 Å². The van der Waals surface area contributed by atoms with Gasteiger partial charge in [-0.25, -0.2) is 0 Å². The quantitative estimate of drug-likeness (QED) is 0.799. The number of para-hydroxylation sites is 1. The third kappa shape index (κ3) is 4.97. The molecule has 0 atom stereocenters. The highest BCUT2D eigenvalue weighted by atomic mass is 79.9. The normalized spacial score (nSPS) is 15.2. The van der Waals surface area contributed by atoms with E-state index in [0.717, 1.165) is 37.2 Å². The van der Waals surface area contributed by atoms with Crippen molar-refractivity contribution in [1.29, 1.82) is 0 Å². The molecule has 1 fully saturated rings. The highest BCUT2D eigenvalue weighted by molar-refractivity contribution is 9.10. The molecule has 0 aliphatic carbocycles. The first-order valence-corrected chi connectivity index (χ1v) is 9.56. The predicted octanol–water partition coefficient (Wildman–Crippen LogP) is 3.65. The van der Waals surface area contributed by atoms with Gasteiger partial charge in [-0.15, -0.1) is 0 Å². The van der Waals surface area contributed by atoms with E-state index < -0.39 is 0 Å². The number of nitrogens with zero attached hydrogens (tertiary/aromatic N) is 2. The lowest BCUT2D eigenvalue weighted by atomic mass is 10.2. The smallest absolute Gasteiger partial charge is 0.252 e. The number of rotatable bonds is 5. The van der Waals surface area contributed by atoms with Crippen LogP contribution in [0.5, 0.6) is 0 Å². The zero-order valence-corrected chi connectivity index (χ0v) is 16.3. The molecule has 2 aromatic rings. The Bertz CT molecular complexity index is 718. The van der Waals surface area contributed by atoms with Gasteiger partial charge in [-0.3, -0.25) is 9.69 Å². The number of piperazine rings is 1. The first-order valence-electron chi connectivity index (χ1n) is 8.39. The van der Waals surface area contributed by atoms with Crippen molar-refractivity contribution < 1.29 is 4.79 Å². The molecule has 0 unspecified atom stereocenters. The Hall–Kier alpha value is -1.56. The van der Waals surface area contributed by atoms with Gasteiger partial charge in [-0.1, -0.05) is 45.7 Å². The van der Waals surface area contributed by atoms with Crippen LogP contribution in [0.1, 0.15) is 10.4 Å². The van der Waals surface area contributed by atoms with Crippen LogP contribution in [-0.2, 0) is 0 Å². The number of hydrogen-bond donors (Lipinski definition) is 1. The highest BCUT2D eigenvalue weighted by Gasteiger charge is 2.17. The van der Waals surface area contributed by atoms with Gasteiger partial charge in [0.25, 0.3) is 5.91 Å². The summed E-state index contributed by atoms with van der Waals surface area (Å²) in [6.45, 7) is 5.49. The van der Waals surface area contributed by atoms with Crippen molar-refractivity contribution in [3.8, 4) is 0 Å². The van der Waals surface area contributed by atoms with Crippen molar-refractivity contribution in [2.24, 2.45) is 0 Å². The Morgan fingerprint density at radius 1 is 1.08 bits per heavy atom. The van der Waals surface area contributed by atoms with E-state index in [-0.39, 0.29) is 5.91 Å². The summed E-state index contributed by atoms with van der Waals surface area (Å²) >= 11 is 9.46. The third-order valence-electron chi connectivity index (χ3n) is 4.38. The van der Waals surface area contributed by atoms with Crippen LogP contribution in [0.25, 0.3) is 0 Å². The molecule has 1 amide bonds. The topological polar surface area (TPSA) is 35.6 Å². The highest BCUT2D eigenvalue weighted by Crippen LogP contribution is 2.20. The Balaban J connectivity index is 1.43. The summed E-state index contributed by atoms with van der Waals surface area (Å²) < 4.78 is 0.846. The largest absolute Gasteiger partial charge is 0.369 e. The fourth-order valence-electron chi connectivity index (χ4n) is 2.96. The van der Waals surface area contributed by atoms with Crippen LogP contribution >= 0.6 is 27.5 Å². The molecule has 1 heterocycles. The summed E-state index contributed by atoms with van der Waals surface area (Å²) in [6.07, 6.45) is 0. The Morgan fingerprint density at radius 2 is 1.80 bits per heavy atom. The van der Waals surface area contributed by atoms with E-state index in [4.69, 9.17) is 11.6 Å². The van der Waals surface area contributed by atoms with Crippen molar-refractivity contribution in [2.45, 2.75) is 0 Å². The maximum Gasteiger partial charge on any atom is 0.252 e. The summed E-state index contributed by atoms with van der Waals surface area (Å²) in [5.41, 5.74) is 1.78. The number of anilines is 1. The average molecular weight is 423 g/mol. The molecule has 2 aromatic carbocycles. The molecule has 0 saturated carbocycles. The summed E-state index contributed by atoms with van der Waals surface area (Å²) in [7, 11) is 0. The van der Waals surface area contributed by atoms with Crippen LogP contribution in [0.3, 0.4) is 0 Å². The van der Waals surface area contributed by atoms with Crippen molar-refractivity contribution in [1.82, 2.24) is 10.2 Å².